The largest absolute Gasteiger partial charge is 0.462 e. The van der Waals surface area contributed by atoms with Gasteiger partial charge in [0, 0.05) is 5.56 Å². The topological polar surface area (TPSA) is 98.2 Å². The minimum atomic E-state index is -4.71. The first-order valence-corrected chi connectivity index (χ1v) is 12.4. The van der Waals surface area contributed by atoms with Crippen LogP contribution in [-0.2, 0) is 15.7 Å². The lowest BCUT2D eigenvalue weighted by Gasteiger charge is -2.14. The van der Waals surface area contributed by atoms with E-state index in [0.29, 0.717) is 16.0 Å². The van der Waals surface area contributed by atoms with Gasteiger partial charge in [0.2, 0.25) is 5.91 Å². The maximum Gasteiger partial charge on any atom is 0.433 e. The predicted molar refractivity (Wildman–Crippen MR) is 131 cm³/mol. The molecule has 0 saturated heterocycles. The van der Waals surface area contributed by atoms with Crippen molar-refractivity contribution in [2.45, 2.75) is 44.3 Å². The van der Waals surface area contributed by atoms with Gasteiger partial charge in [0.1, 0.15) is 10.7 Å². The number of carbonyl (C=O) groups is 3. The SMILES string of the molecule is CCOC(=O)c1c(NC(=O)[C@@H](C)Sc2nc(-c3ccccc3)cc(C(F)(F)F)n2)sc(C(C)=O)c1C. The van der Waals surface area contributed by atoms with Crippen molar-refractivity contribution in [2.24, 2.45) is 0 Å². The number of Topliss-reactive ketones (excluding diaryl/α,β-unsaturated/α-hetero) is 1. The van der Waals surface area contributed by atoms with Crippen molar-refractivity contribution < 1.29 is 32.3 Å². The van der Waals surface area contributed by atoms with Crippen LogP contribution in [0, 0.1) is 6.92 Å². The minimum absolute atomic E-state index is 0.0672. The zero-order valence-corrected chi connectivity index (χ0v) is 21.4. The number of benzene rings is 1. The van der Waals surface area contributed by atoms with Gasteiger partial charge in [0.25, 0.3) is 0 Å². The molecule has 1 N–H and O–H groups in total. The summed E-state index contributed by atoms with van der Waals surface area (Å²) in [6.07, 6.45) is -4.71. The van der Waals surface area contributed by atoms with Crippen molar-refractivity contribution in [3.63, 3.8) is 0 Å². The van der Waals surface area contributed by atoms with Gasteiger partial charge < -0.3 is 10.1 Å². The van der Waals surface area contributed by atoms with Crippen molar-refractivity contribution in [3.05, 3.63) is 58.1 Å². The van der Waals surface area contributed by atoms with Crippen molar-refractivity contribution in [3.8, 4) is 11.3 Å². The molecular weight excluding hydrogens is 515 g/mol. The molecule has 0 bridgehead atoms. The van der Waals surface area contributed by atoms with E-state index in [1.165, 1.54) is 13.8 Å². The number of thiophene rings is 1. The van der Waals surface area contributed by atoms with E-state index >= 15 is 0 Å². The summed E-state index contributed by atoms with van der Waals surface area (Å²) < 4.78 is 45.5. The minimum Gasteiger partial charge on any atom is -0.462 e. The molecule has 2 heterocycles. The number of alkyl halides is 3. The van der Waals surface area contributed by atoms with Crippen molar-refractivity contribution >= 4 is 45.8 Å². The zero-order chi connectivity index (χ0) is 26.6. The maximum atomic E-state index is 13.5. The number of hydrogen-bond donors (Lipinski definition) is 1. The summed E-state index contributed by atoms with van der Waals surface area (Å²) in [6, 6.07) is 9.17. The third kappa shape index (κ3) is 6.30. The molecule has 0 spiro atoms. The van der Waals surface area contributed by atoms with Gasteiger partial charge in [-0.3, -0.25) is 9.59 Å². The van der Waals surface area contributed by atoms with Gasteiger partial charge in [0.15, 0.2) is 10.9 Å². The third-order valence-corrected chi connectivity index (χ3v) is 7.17. The number of nitrogens with one attached hydrogen (secondary N) is 1. The van der Waals surface area contributed by atoms with Gasteiger partial charge in [-0.25, -0.2) is 14.8 Å². The summed E-state index contributed by atoms with van der Waals surface area (Å²) in [6.45, 7) is 6.12. The Balaban J connectivity index is 1.89. The highest BCUT2D eigenvalue weighted by Crippen LogP contribution is 2.36. The van der Waals surface area contributed by atoms with Gasteiger partial charge in [-0.2, -0.15) is 13.2 Å². The highest BCUT2D eigenvalue weighted by Gasteiger charge is 2.34. The number of anilines is 1. The molecule has 0 aliphatic carbocycles. The molecule has 0 unspecified atom stereocenters. The highest BCUT2D eigenvalue weighted by molar-refractivity contribution is 8.00. The molecule has 3 aromatic rings. The van der Waals surface area contributed by atoms with Gasteiger partial charge in [-0.1, -0.05) is 42.1 Å². The summed E-state index contributed by atoms with van der Waals surface area (Å²) in [4.78, 5) is 45.5. The van der Waals surface area contributed by atoms with E-state index < -0.39 is 29.0 Å². The van der Waals surface area contributed by atoms with Crippen LogP contribution in [0.1, 0.15) is 52.1 Å². The van der Waals surface area contributed by atoms with Gasteiger partial charge in [-0.05, 0) is 39.3 Å². The van der Waals surface area contributed by atoms with Crippen molar-refractivity contribution in [1.82, 2.24) is 9.97 Å². The second-order valence-corrected chi connectivity index (χ2v) is 9.90. The van der Waals surface area contributed by atoms with Gasteiger partial charge in [0.05, 0.1) is 28.0 Å². The second-order valence-electron chi connectivity index (χ2n) is 7.57. The number of amides is 1. The monoisotopic (exact) mass is 537 g/mol. The summed E-state index contributed by atoms with van der Waals surface area (Å²) in [5.41, 5.74) is -0.141. The van der Waals surface area contributed by atoms with Crippen molar-refractivity contribution in [1.29, 1.82) is 0 Å². The molecule has 0 fully saturated rings. The second kappa shape index (κ2) is 11.2. The summed E-state index contributed by atoms with van der Waals surface area (Å²) in [5.74, 6) is -1.58. The molecule has 7 nitrogen and oxygen atoms in total. The molecule has 0 aliphatic heterocycles. The fraction of sp³-hybridized carbons (Fsp3) is 0.292. The Labute approximate surface area is 213 Å². The number of thioether (sulfide) groups is 1. The van der Waals surface area contributed by atoms with E-state index in [4.69, 9.17) is 4.74 Å². The number of rotatable bonds is 8. The molecule has 2 aromatic heterocycles. The number of ether oxygens (including phenoxy) is 1. The zero-order valence-electron chi connectivity index (χ0n) is 19.7. The summed E-state index contributed by atoms with van der Waals surface area (Å²) in [7, 11) is 0. The average molecular weight is 538 g/mol. The lowest BCUT2D eigenvalue weighted by molar-refractivity contribution is -0.141. The first-order valence-electron chi connectivity index (χ1n) is 10.7. The molecule has 190 valence electrons. The van der Waals surface area contributed by atoms with E-state index in [-0.39, 0.29) is 33.8 Å². The van der Waals surface area contributed by atoms with Gasteiger partial charge >= 0.3 is 12.1 Å². The number of ketones is 1. The van der Waals surface area contributed by atoms with Gasteiger partial charge in [-0.15, -0.1) is 11.3 Å². The fourth-order valence-electron chi connectivity index (χ4n) is 3.19. The molecule has 1 aromatic carbocycles. The standard InChI is InChI=1S/C24H22F3N3O4S2/c1-5-34-22(33)18-12(2)19(13(3)31)36-21(18)30-20(32)14(4)35-23-28-16(15-9-7-6-8-10-15)11-17(29-23)24(25,26)27/h6-11,14H,5H2,1-4H3,(H,30,32)/t14-/m1/s1. The van der Waals surface area contributed by atoms with Crippen LogP contribution in [0.4, 0.5) is 18.2 Å². The Hall–Kier alpha value is -3.25. The molecule has 1 amide bonds. The van der Waals surface area contributed by atoms with Crippen LogP contribution in [-0.4, -0.2) is 39.5 Å². The van der Waals surface area contributed by atoms with Crippen molar-refractivity contribution in [2.75, 3.05) is 11.9 Å². The van der Waals surface area contributed by atoms with E-state index in [1.54, 1.807) is 44.2 Å². The van der Waals surface area contributed by atoms with E-state index in [9.17, 15) is 27.6 Å². The van der Waals surface area contributed by atoms with Crippen LogP contribution in [0.2, 0.25) is 0 Å². The molecule has 1 atom stereocenters. The number of carbonyl (C=O) groups excluding carboxylic acids is 3. The van der Waals surface area contributed by atoms with E-state index in [1.807, 2.05) is 0 Å². The molecule has 0 radical (unpaired) electrons. The predicted octanol–water partition coefficient (Wildman–Crippen LogP) is 6.03. The lowest BCUT2D eigenvalue weighted by atomic mass is 10.1. The van der Waals surface area contributed by atoms with Crippen LogP contribution in [0.5, 0.6) is 0 Å². The molecule has 0 aliphatic rings. The summed E-state index contributed by atoms with van der Waals surface area (Å²) in [5, 5.41) is 1.57. The van der Waals surface area contributed by atoms with Crippen LogP contribution in [0.3, 0.4) is 0 Å². The molecule has 36 heavy (non-hydrogen) atoms. The third-order valence-electron chi connectivity index (χ3n) is 4.90. The molecule has 12 heteroatoms. The number of nitrogens with zero attached hydrogens (tertiary/aromatic N) is 2. The Morgan fingerprint density at radius 1 is 1.17 bits per heavy atom. The lowest BCUT2D eigenvalue weighted by Crippen LogP contribution is -2.23. The molecular formula is C24H22F3N3O4S2. The Morgan fingerprint density at radius 2 is 1.83 bits per heavy atom. The molecule has 3 rings (SSSR count). The first-order chi connectivity index (χ1) is 16.9. The Bertz CT molecular complexity index is 1290. The number of aromatic nitrogens is 2. The first kappa shape index (κ1) is 27.3. The smallest absolute Gasteiger partial charge is 0.433 e. The highest BCUT2D eigenvalue weighted by atomic mass is 32.2. The maximum absolute atomic E-state index is 13.5. The van der Waals surface area contributed by atoms with Crippen LogP contribution in [0.25, 0.3) is 11.3 Å². The Kier molecular flexibility index (Phi) is 8.51. The fourth-order valence-corrected chi connectivity index (χ4v) is 5.07. The van der Waals surface area contributed by atoms with Crippen LogP contribution < -0.4 is 5.32 Å². The normalized spacial score (nSPS) is 12.2. The van der Waals surface area contributed by atoms with E-state index in [2.05, 4.69) is 15.3 Å². The van der Waals surface area contributed by atoms with Crippen LogP contribution >= 0.6 is 23.1 Å². The Morgan fingerprint density at radius 3 is 2.42 bits per heavy atom. The number of esters is 1. The van der Waals surface area contributed by atoms with E-state index in [0.717, 1.165) is 29.2 Å². The number of hydrogen-bond acceptors (Lipinski definition) is 8. The molecule has 0 saturated carbocycles. The quantitative estimate of drug-likeness (QED) is 0.162. The number of halogens is 3. The average Bonchev–Trinajstić information content (AvgIpc) is 3.15. The van der Waals surface area contributed by atoms with Crippen LogP contribution in [0.15, 0.2) is 41.6 Å². The summed E-state index contributed by atoms with van der Waals surface area (Å²) >= 11 is 1.67.